The molecule has 1 unspecified atom stereocenters. The number of carbonyl (C=O) groups is 2. The summed E-state index contributed by atoms with van der Waals surface area (Å²) in [5.74, 6) is -0.685. The Morgan fingerprint density at radius 1 is 1.34 bits per heavy atom. The van der Waals surface area contributed by atoms with Crippen LogP contribution in [0.3, 0.4) is 0 Å². The SMILES string of the molecule is CC1=C2SC(C(=O)NCc3ccc(F)cc3)=CN2C(=O)N(Cc2cscn2)C1O. The number of urea groups is 1. The minimum absolute atomic E-state index is 0.176. The van der Waals surface area contributed by atoms with Crippen molar-refractivity contribution in [1.29, 1.82) is 0 Å². The molecule has 0 spiro atoms. The average Bonchev–Trinajstić information content (AvgIpc) is 3.39. The number of aliphatic hydroxyl groups is 1. The molecule has 0 fully saturated rings. The molecule has 2 aliphatic heterocycles. The number of aromatic nitrogens is 1. The Hall–Kier alpha value is -2.69. The molecule has 1 aromatic heterocycles. The number of nitrogens with zero attached hydrogens (tertiary/aromatic N) is 3. The molecule has 150 valence electrons. The Labute approximate surface area is 174 Å². The van der Waals surface area contributed by atoms with Crippen LogP contribution in [0.1, 0.15) is 18.2 Å². The summed E-state index contributed by atoms with van der Waals surface area (Å²) in [5, 5.41) is 15.7. The van der Waals surface area contributed by atoms with Gasteiger partial charge in [0.15, 0.2) is 6.23 Å². The van der Waals surface area contributed by atoms with E-state index in [2.05, 4.69) is 10.3 Å². The van der Waals surface area contributed by atoms with Gasteiger partial charge in [0, 0.05) is 23.7 Å². The molecule has 1 aromatic carbocycles. The van der Waals surface area contributed by atoms with E-state index < -0.39 is 12.3 Å². The van der Waals surface area contributed by atoms with Gasteiger partial charge in [0.05, 0.1) is 27.7 Å². The highest BCUT2D eigenvalue weighted by Crippen LogP contribution is 2.42. The lowest BCUT2D eigenvalue weighted by Gasteiger charge is -2.37. The molecule has 2 aliphatic rings. The molecule has 3 heterocycles. The lowest BCUT2D eigenvalue weighted by atomic mass is 10.2. The monoisotopic (exact) mass is 432 g/mol. The van der Waals surface area contributed by atoms with Gasteiger partial charge >= 0.3 is 6.03 Å². The van der Waals surface area contributed by atoms with E-state index in [1.54, 1.807) is 24.6 Å². The Bertz CT molecular complexity index is 1000. The zero-order valence-electron chi connectivity index (χ0n) is 15.3. The Morgan fingerprint density at radius 2 is 2.10 bits per heavy atom. The van der Waals surface area contributed by atoms with Crippen LogP contribution in [0, 0.1) is 5.82 Å². The number of hydrogen-bond acceptors (Lipinski definition) is 6. The van der Waals surface area contributed by atoms with Crippen LogP contribution in [-0.2, 0) is 17.9 Å². The number of nitrogens with one attached hydrogen (secondary N) is 1. The third-order valence-electron chi connectivity index (χ3n) is 4.55. The fraction of sp³-hybridized carbons (Fsp3) is 0.211. The van der Waals surface area contributed by atoms with Crippen molar-refractivity contribution in [3.05, 3.63) is 73.9 Å². The maximum absolute atomic E-state index is 13.0. The van der Waals surface area contributed by atoms with Crippen molar-refractivity contribution in [1.82, 2.24) is 20.1 Å². The minimum atomic E-state index is -1.09. The molecule has 0 aliphatic carbocycles. The van der Waals surface area contributed by atoms with Gasteiger partial charge < -0.3 is 10.4 Å². The van der Waals surface area contributed by atoms with Crippen molar-refractivity contribution in [2.24, 2.45) is 0 Å². The van der Waals surface area contributed by atoms with Crippen LogP contribution in [0.25, 0.3) is 0 Å². The van der Waals surface area contributed by atoms with Crippen LogP contribution in [-0.4, -0.2) is 38.1 Å². The predicted molar refractivity (Wildman–Crippen MR) is 108 cm³/mol. The third kappa shape index (κ3) is 3.91. The van der Waals surface area contributed by atoms with Crippen molar-refractivity contribution in [3.63, 3.8) is 0 Å². The van der Waals surface area contributed by atoms with Crippen LogP contribution in [0.5, 0.6) is 0 Å². The first-order chi connectivity index (χ1) is 13.9. The summed E-state index contributed by atoms with van der Waals surface area (Å²) in [6, 6.07) is 5.43. The van der Waals surface area contributed by atoms with Crippen molar-refractivity contribution >= 4 is 35.0 Å². The standard InChI is InChI=1S/C19H17FN4O3S2/c1-11-17(26)23(7-14-9-28-10-22-14)19(27)24-8-15(29-18(11)24)16(25)21-6-12-2-4-13(20)5-3-12/h2-5,8-10,17,26H,6-7H2,1H3,(H,21,25). The van der Waals surface area contributed by atoms with Crippen LogP contribution >= 0.6 is 23.1 Å². The Balaban J connectivity index is 1.48. The molecule has 29 heavy (non-hydrogen) atoms. The molecule has 7 nitrogen and oxygen atoms in total. The first kappa shape index (κ1) is 19.6. The van der Waals surface area contributed by atoms with E-state index in [9.17, 15) is 19.1 Å². The molecule has 3 amide bonds. The molecule has 4 rings (SSSR count). The van der Waals surface area contributed by atoms with E-state index in [4.69, 9.17) is 0 Å². The quantitative estimate of drug-likeness (QED) is 0.759. The third-order valence-corrected chi connectivity index (χ3v) is 6.41. The van der Waals surface area contributed by atoms with Crippen molar-refractivity contribution in [2.45, 2.75) is 26.2 Å². The molecule has 2 aromatic rings. The average molecular weight is 433 g/mol. The molecular weight excluding hydrogens is 415 g/mol. The van der Waals surface area contributed by atoms with E-state index in [0.29, 0.717) is 21.2 Å². The molecule has 2 N–H and O–H groups in total. The van der Waals surface area contributed by atoms with E-state index >= 15 is 0 Å². The number of fused-ring (bicyclic) bond motifs is 1. The van der Waals surface area contributed by atoms with Crippen LogP contribution in [0.15, 0.2) is 56.9 Å². The molecule has 1 atom stereocenters. The second-order valence-electron chi connectivity index (χ2n) is 6.53. The Morgan fingerprint density at radius 3 is 2.79 bits per heavy atom. The van der Waals surface area contributed by atoms with Crippen LogP contribution in [0.2, 0.25) is 0 Å². The van der Waals surface area contributed by atoms with Gasteiger partial charge in [-0.1, -0.05) is 23.9 Å². The first-order valence-electron chi connectivity index (χ1n) is 8.72. The zero-order chi connectivity index (χ0) is 20.5. The van der Waals surface area contributed by atoms with Gasteiger partial charge in [0.2, 0.25) is 0 Å². The van der Waals surface area contributed by atoms with Gasteiger partial charge in [-0.15, -0.1) is 11.3 Å². The van der Waals surface area contributed by atoms with Gasteiger partial charge in [-0.2, -0.15) is 0 Å². The zero-order valence-corrected chi connectivity index (χ0v) is 17.0. The molecule has 0 bridgehead atoms. The van der Waals surface area contributed by atoms with E-state index in [-0.39, 0.29) is 24.8 Å². The topological polar surface area (TPSA) is 85.8 Å². The molecule has 0 radical (unpaired) electrons. The fourth-order valence-corrected chi connectivity index (χ4v) is 4.55. The van der Waals surface area contributed by atoms with Gasteiger partial charge in [0.25, 0.3) is 5.91 Å². The Kier molecular flexibility index (Phi) is 5.39. The lowest BCUT2D eigenvalue weighted by Crippen LogP contribution is -2.49. The highest BCUT2D eigenvalue weighted by molar-refractivity contribution is 8.07. The summed E-state index contributed by atoms with van der Waals surface area (Å²) in [6.07, 6.45) is 0.393. The van der Waals surface area contributed by atoms with Crippen molar-refractivity contribution < 1.29 is 19.1 Å². The van der Waals surface area contributed by atoms with E-state index in [1.807, 2.05) is 5.38 Å². The fourth-order valence-electron chi connectivity index (χ4n) is 2.98. The molecule has 0 saturated carbocycles. The second-order valence-corrected chi connectivity index (χ2v) is 8.28. The number of halogens is 1. The smallest absolute Gasteiger partial charge is 0.331 e. The maximum atomic E-state index is 13.0. The summed E-state index contributed by atoms with van der Waals surface area (Å²) in [6.45, 7) is 2.14. The summed E-state index contributed by atoms with van der Waals surface area (Å²) >= 11 is 2.55. The number of thioether (sulfide) groups is 1. The van der Waals surface area contributed by atoms with Gasteiger partial charge in [-0.3, -0.25) is 14.6 Å². The van der Waals surface area contributed by atoms with Crippen molar-refractivity contribution in [2.75, 3.05) is 0 Å². The number of hydrogen-bond donors (Lipinski definition) is 2. The maximum Gasteiger partial charge on any atom is 0.331 e. The summed E-state index contributed by atoms with van der Waals surface area (Å²) < 4.78 is 13.0. The number of carbonyl (C=O) groups excluding carboxylic acids is 2. The normalized spacial score (nSPS) is 18.8. The number of thiazole rings is 1. The largest absolute Gasteiger partial charge is 0.369 e. The first-order valence-corrected chi connectivity index (χ1v) is 10.5. The lowest BCUT2D eigenvalue weighted by molar-refractivity contribution is -0.117. The van der Waals surface area contributed by atoms with Gasteiger partial charge in [0.1, 0.15) is 5.82 Å². The highest BCUT2D eigenvalue weighted by atomic mass is 32.2. The number of amides is 3. The summed E-state index contributed by atoms with van der Waals surface area (Å²) in [5.41, 5.74) is 3.70. The van der Waals surface area contributed by atoms with Gasteiger partial charge in [-0.25, -0.2) is 14.2 Å². The number of aliphatic hydroxyl groups excluding tert-OH is 1. The molecule has 10 heteroatoms. The summed E-state index contributed by atoms with van der Waals surface area (Å²) in [4.78, 5) is 32.6. The number of rotatable bonds is 5. The van der Waals surface area contributed by atoms with Crippen LogP contribution in [0.4, 0.5) is 9.18 Å². The highest BCUT2D eigenvalue weighted by Gasteiger charge is 2.41. The van der Waals surface area contributed by atoms with Crippen molar-refractivity contribution in [3.8, 4) is 0 Å². The van der Waals surface area contributed by atoms with Crippen LogP contribution < -0.4 is 5.32 Å². The number of benzene rings is 1. The predicted octanol–water partition coefficient (Wildman–Crippen LogP) is 2.97. The molecular formula is C19H17FN4O3S2. The summed E-state index contributed by atoms with van der Waals surface area (Å²) in [7, 11) is 0. The van der Waals surface area contributed by atoms with E-state index in [1.165, 1.54) is 39.5 Å². The van der Waals surface area contributed by atoms with E-state index in [0.717, 1.165) is 17.3 Å². The minimum Gasteiger partial charge on any atom is -0.369 e. The van der Waals surface area contributed by atoms with Gasteiger partial charge in [-0.05, 0) is 24.6 Å². The second kappa shape index (κ2) is 7.97. The molecule has 0 saturated heterocycles.